The third kappa shape index (κ3) is 6.20. The number of ether oxygens (including phenoxy) is 1. The van der Waals surface area contributed by atoms with Crippen LogP contribution in [0.15, 0.2) is 30.3 Å². The van der Waals surface area contributed by atoms with Gasteiger partial charge in [0.1, 0.15) is 17.9 Å². The number of carbonyl (C=O) groups excluding carboxylic acids is 4. The van der Waals surface area contributed by atoms with Crippen molar-refractivity contribution in [1.29, 1.82) is 0 Å². The van der Waals surface area contributed by atoms with E-state index in [1.54, 1.807) is 0 Å². The van der Waals surface area contributed by atoms with Crippen LogP contribution in [-0.2, 0) is 30.3 Å². The van der Waals surface area contributed by atoms with Crippen molar-refractivity contribution in [1.82, 2.24) is 10.6 Å². The smallest absolute Gasteiger partial charge is 0.328 e. The first kappa shape index (κ1) is 20.6. The molecule has 1 saturated carbocycles. The van der Waals surface area contributed by atoms with Crippen LogP contribution >= 0.6 is 0 Å². The molecule has 2 N–H and O–H groups in total. The van der Waals surface area contributed by atoms with Crippen molar-refractivity contribution in [2.24, 2.45) is 5.92 Å². The third-order valence-corrected chi connectivity index (χ3v) is 4.72. The number of nitrogens with one attached hydrogen (secondary N) is 2. The van der Waals surface area contributed by atoms with Crippen molar-refractivity contribution in [2.45, 2.75) is 51.1 Å². The first-order chi connectivity index (χ1) is 12.9. The Hall–Kier alpha value is -2.70. The number of carbonyl (C=O) groups is 4. The second-order valence-electron chi connectivity index (χ2n) is 6.85. The molecule has 2 amide bonds. The van der Waals surface area contributed by atoms with E-state index in [0.717, 1.165) is 5.56 Å². The SMILES string of the molecule is COC(=O)[C@H](NC(=O)[C@H](Cc1ccccc1)NC(C)=O)[C@H]1CCCC(=O)C1. The Morgan fingerprint density at radius 2 is 1.89 bits per heavy atom. The quantitative estimate of drug-likeness (QED) is 0.697. The number of hydrogen-bond donors (Lipinski definition) is 2. The Bertz CT molecular complexity index is 689. The van der Waals surface area contributed by atoms with Crippen molar-refractivity contribution in [2.75, 3.05) is 7.11 Å². The van der Waals surface area contributed by atoms with E-state index in [9.17, 15) is 19.2 Å². The van der Waals surface area contributed by atoms with Crippen LogP contribution in [0.5, 0.6) is 0 Å². The zero-order valence-corrected chi connectivity index (χ0v) is 15.7. The predicted molar refractivity (Wildman–Crippen MR) is 98.7 cm³/mol. The van der Waals surface area contributed by atoms with Crippen molar-refractivity contribution in [3.63, 3.8) is 0 Å². The molecule has 27 heavy (non-hydrogen) atoms. The van der Waals surface area contributed by atoms with E-state index >= 15 is 0 Å². The van der Waals surface area contributed by atoms with Crippen LogP contribution in [0.2, 0.25) is 0 Å². The fourth-order valence-corrected chi connectivity index (χ4v) is 3.40. The molecular formula is C20H26N2O5. The fourth-order valence-electron chi connectivity index (χ4n) is 3.40. The van der Waals surface area contributed by atoms with Crippen LogP contribution in [0.25, 0.3) is 0 Å². The molecule has 0 aromatic heterocycles. The first-order valence-electron chi connectivity index (χ1n) is 9.11. The lowest BCUT2D eigenvalue weighted by Crippen LogP contribution is -2.55. The predicted octanol–water partition coefficient (Wildman–Crippen LogP) is 1.15. The van der Waals surface area contributed by atoms with Gasteiger partial charge in [0, 0.05) is 26.2 Å². The highest BCUT2D eigenvalue weighted by molar-refractivity contribution is 5.91. The zero-order valence-electron chi connectivity index (χ0n) is 15.7. The van der Waals surface area contributed by atoms with Gasteiger partial charge in [0.2, 0.25) is 11.8 Å². The van der Waals surface area contributed by atoms with Crippen molar-refractivity contribution < 1.29 is 23.9 Å². The van der Waals surface area contributed by atoms with Gasteiger partial charge in [0.05, 0.1) is 7.11 Å². The van der Waals surface area contributed by atoms with Gasteiger partial charge in [-0.1, -0.05) is 30.3 Å². The minimum atomic E-state index is -0.904. The molecule has 0 aliphatic heterocycles. The standard InChI is InChI=1S/C20H26N2O5/c1-13(23)21-17(11-14-7-4-3-5-8-14)19(25)22-18(20(26)27-2)15-9-6-10-16(24)12-15/h3-5,7-8,15,17-18H,6,9-12H2,1-2H3,(H,21,23)(H,22,25)/t15-,17-,18+/m0/s1. The maximum Gasteiger partial charge on any atom is 0.328 e. The van der Waals surface area contributed by atoms with Crippen LogP contribution in [-0.4, -0.2) is 42.8 Å². The number of hydrogen-bond acceptors (Lipinski definition) is 5. The molecule has 1 fully saturated rings. The summed E-state index contributed by atoms with van der Waals surface area (Å²) in [5, 5.41) is 5.34. The summed E-state index contributed by atoms with van der Waals surface area (Å²) >= 11 is 0. The number of benzene rings is 1. The Labute approximate surface area is 158 Å². The summed E-state index contributed by atoms with van der Waals surface area (Å²) in [5.41, 5.74) is 0.883. The van der Waals surface area contributed by atoms with Crippen molar-refractivity contribution in [3.05, 3.63) is 35.9 Å². The lowest BCUT2D eigenvalue weighted by Gasteiger charge is -2.29. The van der Waals surface area contributed by atoms with Gasteiger partial charge in [-0.15, -0.1) is 0 Å². The topological polar surface area (TPSA) is 102 Å². The number of Topliss-reactive ketones (excluding diaryl/α,β-unsaturated/α-hetero) is 1. The van der Waals surface area contributed by atoms with E-state index in [-0.39, 0.29) is 24.0 Å². The molecule has 7 heteroatoms. The molecule has 1 aliphatic carbocycles. The van der Waals surface area contributed by atoms with E-state index < -0.39 is 24.0 Å². The van der Waals surface area contributed by atoms with Gasteiger partial charge in [-0.05, 0) is 24.3 Å². The van der Waals surface area contributed by atoms with E-state index in [4.69, 9.17) is 4.74 Å². The monoisotopic (exact) mass is 374 g/mol. The van der Waals surface area contributed by atoms with E-state index in [1.807, 2.05) is 30.3 Å². The molecule has 146 valence electrons. The van der Waals surface area contributed by atoms with Crippen LogP contribution in [0.4, 0.5) is 0 Å². The summed E-state index contributed by atoms with van der Waals surface area (Å²) < 4.78 is 4.83. The number of ketones is 1. The maximum absolute atomic E-state index is 12.8. The van der Waals surface area contributed by atoms with Gasteiger partial charge in [-0.3, -0.25) is 14.4 Å². The molecule has 0 bridgehead atoms. The van der Waals surface area contributed by atoms with Gasteiger partial charge in [-0.2, -0.15) is 0 Å². The van der Waals surface area contributed by atoms with E-state index in [0.29, 0.717) is 25.7 Å². The largest absolute Gasteiger partial charge is 0.467 e. The van der Waals surface area contributed by atoms with Gasteiger partial charge < -0.3 is 15.4 Å². The summed E-state index contributed by atoms with van der Waals surface area (Å²) in [6.45, 7) is 1.34. The Morgan fingerprint density at radius 1 is 1.19 bits per heavy atom. The molecule has 0 unspecified atom stereocenters. The summed E-state index contributed by atoms with van der Waals surface area (Å²) in [7, 11) is 1.25. The lowest BCUT2D eigenvalue weighted by atomic mass is 9.83. The molecule has 3 atom stereocenters. The number of esters is 1. The molecule has 1 aromatic carbocycles. The van der Waals surface area contributed by atoms with Gasteiger partial charge in [0.15, 0.2) is 0 Å². The van der Waals surface area contributed by atoms with Crippen LogP contribution in [0, 0.1) is 5.92 Å². The van der Waals surface area contributed by atoms with Crippen LogP contribution in [0.1, 0.15) is 38.2 Å². The average molecular weight is 374 g/mol. The van der Waals surface area contributed by atoms with Crippen molar-refractivity contribution >= 4 is 23.6 Å². The van der Waals surface area contributed by atoms with Gasteiger partial charge >= 0.3 is 5.97 Å². The highest BCUT2D eigenvalue weighted by atomic mass is 16.5. The molecule has 7 nitrogen and oxygen atoms in total. The number of amides is 2. The van der Waals surface area contributed by atoms with Crippen LogP contribution in [0.3, 0.4) is 0 Å². The highest BCUT2D eigenvalue weighted by Gasteiger charge is 2.35. The Morgan fingerprint density at radius 3 is 2.48 bits per heavy atom. The molecule has 0 radical (unpaired) electrons. The number of rotatable bonds is 7. The molecule has 2 rings (SSSR count). The molecular weight excluding hydrogens is 348 g/mol. The Balaban J connectivity index is 2.14. The average Bonchev–Trinajstić information content (AvgIpc) is 2.65. The van der Waals surface area contributed by atoms with Gasteiger partial charge in [-0.25, -0.2) is 4.79 Å². The first-order valence-corrected chi connectivity index (χ1v) is 9.11. The molecule has 1 aliphatic rings. The Kier molecular flexibility index (Phi) is 7.52. The highest BCUT2D eigenvalue weighted by Crippen LogP contribution is 2.25. The lowest BCUT2D eigenvalue weighted by molar-refractivity contribution is -0.147. The zero-order chi connectivity index (χ0) is 19.8. The van der Waals surface area contributed by atoms with Crippen molar-refractivity contribution in [3.8, 4) is 0 Å². The fraction of sp³-hybridized carbons (Fsp3) is 0.500. The summed E-state index contributed by atoms with van der Waals surface area (Å²) in [6.07, 6.45) is 2.38. The van der Waals surface area contributed by atoms with Gasteiger partial charge in [0.25, 0.3) is 0 Å². The molecule has 0 saturated heterocycles. The molecule has 1 aromatic rings. The second-order valence-corrected chi connectivity index (χ2v) is 6.85. The summed E-state index contributed by atoms with van der Waals surface area (Å²) in [6, 6.07) is 7.56. The minimum Gasteiger partial charge on any atom is -0.467 e. The van der Waals surface area contributed by atoms with E-state index in [2.05, 4.69) is 10.6 Å². The minimum absolute atomic E-state index is 0.0806. The van der Waals surface area contributed by atoms with E-state index in [1.165, 1.54) is 14.0 Å². The normalized spacial score (nSPS) is 18.9. The molecule has 0 spiro atoms. The second kappa shape index (κ2) is 9.85. The summed E-state index contributed by atoms with van der Waals surface area (Å²) in [5.74, 6) is -1.60. The number of methoxy groups -OCH3 is 1. The third-order valence-electron chi connectivity index (χ3n) is 4.72. The van der Waals surface area contributed by atoms with Crippen LogP contribution < -0.4 is 10.6 Å². The maximum atomic E-state index is 12.8. The summed E-state index contributed by atoms with van der Waals surface area (Å²) in [4.78, 5) is 48.4. The molecule has 0 heterocycles.